The number of amides is 1. The van der Waals surface area contributed by atoms with Gasteiger partial charge in [0.2, 0.25) is 6.41 Å². The van der Waals surface area contributed by atoms with Crippen molar-refractivity contribution >= 4 is 23.5 Å². The van der Waals surface area contributed by atoms with Gasteiger partial charge in [0.25, 0.3) is 0 Å². The Bertz CT molecular complexity index is 341. The number of thiophene rings is 1. The lowest BCUT2D eigenvalue weighted by molar-refractivity contribution is -0.109. The Morgan fingerprint density at radius 2 is 2.31 bits per heavy atom. The number of nitrogens with zero attached hydrogens (tertiary/aromatic N) is 1. The summed E-state index contributed by atoms with van der Waals surface area (Å²) in [6.45, 7) is 5.99. The molecule has 0 atom stereocenters. The van der Waals surface area contributed by atoms with E-state index in [0.29, 0.717) is 6.41 Å². The molecule has 1 aromatic heterocycles. The highest BCUT2D eigenvalue weighted by Crippen LogP contribution is 2.20. The van der Waals surface area contributed by atoms with Crippen molar-refractivity contribution in [3.8, 4) is 0 Å². The summed E-state index contributed by atoms with van der Waals surface area (Å²) in [5.74, 6) is 0. The van der Waals surface area contributed by atoms with E-state index in [-0.39, 0.29) is 0 Å². The summed E-state index contributed by atoms with van der Waals surface area (Å²) in [6.07, 6.45) is 0.568. The molecular formula is C9H12N2OS. The maximum atomic E-state index is 10.0. The van der Waals surface area contributed by atoms with Crippen LogP contribution in [0.2, 0.25) is 0 Å². The molecule has 0 aliphatic carbocycles. The van der Waals surface area contributed by atoms with Gasteiger partial charge in [-0.1, -0.05) is 0 Å². The number of hydrogen-bond donors (Lipinski definition) is 1. The molecule has 0 radical (unpaired) electrons. The van der Waals surface area contributed by atoms with Crippen molar-refractivity contribution in [3.05, 3.63) is 21.4 Å². The fourth-order valence-electron chi connectivity index (χ4n) is 1.17. The monoisotopic (exact) mass is 196 g/mol. The second-order valence-electron chi connectivity index (χ2n) is 2.77. The second kappa shape index (κ2) is 4.18. The molecule has 3 nitrogen and oxygen atoms in total. The molecular weight excluding hydrogens is 184 g/mol. The fraction of sp³-hybridized carbons (Fsp3) is 0.333. The lowest BCUT2D eigenvalue weighted by Crippen LogP contribution is -2.06. The Balaban J connectivity index is 2.93. The van der Waals surface area contributed by atoms with E-state index in [0.717, 1.165) is 11.3 Å². The zero-order chi connectivity index (χ0) is 9.84. The van der Waals surface area contributed by atoms with Crippen molar-refractivity contribution in [1.82, 2.24) is 5.43 Å². The minimum Gasteiger partial charge on any atom is -0.277 e. The minimum absolute atomic E-state index is 0.568. The van der Waals surface area contributed by atoms with Gasteiger partial charge in [0.1, 0.15) is 0 Å². The molecule has 13 heavy (non-hydrogen) atoms. The number of hydrazone groups is 1. The molecule has 1 heterocycles. The highest BCUT2D eigenvalue weighted by Gasteiger charge is 2.05. The predicted octanol–water partition coefficient (Wildman–Crippen LogP) is 1.83. The van der Waals surface area contributed by atoms with Crippen LogP contribution in [0.5, 0.6) is 0 Å². The Kier molecular flexibility index (Phi) is 3.19. The fourth-order valence-corrected chi connectivity index (χ4v) is 2.15. The molecule has 0 aliphatic rings. The molecule has 0 saturated carbocycles. The smallest absolute Gasteiger partial charge is 0.227 e. The third-order valence-corrected chi connectivity index (χ3v) is 2.68. The molecule has 1 amide bonds. The number of carbonyl (C=O) groups is 1. The Labute approximate surface area is 81.5 Å². The van der Waals surface area contributed by atoms with E-state index >= 15 is 0 Å². The normalized spacial score (nSPS) is 11.5. The average Bonchev–Trinajstić information content (AvgIpc) is 2.41. The molecule has 0 aromatic carbocycles. The van der Waals surface area contributed by atoms with Crippen molar-refractivity contribution in [2.75, 3.05) is 0 Å². The van der Waals surface area contributed by atoms with Crippen molar-refractivity contribution < 1.29 is 4.79 Å². The first kappa shape index (κ1) is 9.92. The number of aryl methyl sites for hydroxylation is 2. The first-order valence-corrected chi connectivity index (χ1v) is 4.77. The number of hydrogen-bond acceptors (Lipinski definition) is 3. The largest absolute Gasteiger partial charge is 0.277 e. The molecule has 1 aromatic rings. The second-order valence-corrected chi connectivity index (χ2v) is 4.23. The first-order valence-electron chi connectivity index (χ1n) is 3.96. The number of rotatable bonds is 3. The van der Waals surface area contributed by atoms with Crippen molar-refractivity contribution in [3.63, 3.8) is 0 Å². The number of nitrogens with one attached hydrogen (secondary N) is 1. The Hall–Kier alpha value is -1.16. The summed E-state index contributed by atoms with van der Waals surface area (Å²) < 4.78 is 0. The van der Waals surface area contributed by atoms with E-state index in [2.05, 4.69) is 23.5 Å². The van der Waals surface area contributed by atoms with Crippen LogP contribution in [-0.2, 0) is 4.79 Å². The van der Waals surface area contributed by atoms with Gasteiger partial charge in [-0.25, -0.2) is 5.43 Å². The van der Waals surface area contributed by atoms with Gasteiger partial charge in [-0.3, -0.25) is 4.79 Å². The Morgan fingerprint density at radius 3 is 2.77 bits per heavy atom. The molecule has 0 bridgehead atoms. The van der Waals surface area contributed by atoms with Gasteiger partial charge in [0.05, 0.1) is 5.71 Å². The van der Waals surface area contributed by atoms with E-state index in [1.807, 2.05) is 13.8 Å². The van der Waals surface area contributed by atoms with Gasteiger partial charge in [-0.2, -0.15) is 5.10 Å². The predicted molar refractivity (Wildman–Crippen MR) is 55.2 cm³/mol. The first-order chi connectivity index (χ1) is 6.15. The van der Waals surface area contributed by atoms with Gasteiger partial charge in [0, 0.05) is 15.3 Å². The van der Waals surface area contributed by atoms with Crippen LogP contribution in [0.15, 0.2) is 11.2 Å². The molecule has 0 saturated heterocycles. The van der Waals surface area contributed by atoms with Crippen molar-refractivity contribution in [2.45, 2.75) is 20.8 Å². The van der Waals surface area contributed by atoms with Crippen LogP contribution in [0.4, 0.5) is 0 Å². The van der Waals surface area contributed by atoms with Crippen LogP contribution in [0.25, 0.3) is 0 Å². The molecule has 1 rings (SSSR count). The van der Waals surface area contributed by atoms with E-state index in [4.69, 9.17) is 0 Å². The SMILES string of the molecule is C/C(=N/NC=O)c1cc(C)sc1C. The van der Waals surface area contributed by atoms with Crippen LogP contribution in [0.3, 0.4) is 0 Å². The highest BCUT2D eigenvalue weighted by atomic mass is 32.1. The summed E-state index contributed by atoms with van der Waals surface area (Å²) >= 11 is 1.73. The van der Waals surface area contributed by atoms with Gasteiger partial charge < -0.3 is 0 Å². The van der Waals surface area contributed by atoms with E-state index in [9.17, 15) is 4.79 Å². The Morgan fingerprint density at radius 1 is 1.62 bits per heavy atom. The van der Waals surface area contributed by atoms with Crippen LogP contribution in [-0.4, -0.2) is 12.1 Å². The maximum Gasteiger partial charge on any atom is 0.227 e. The van der Waals surface area contributed by atoms with Crippen molar-refractivity contribution in [2.24, 2.45) is 5.10 Å². The summed E-state index contributed by atoms with van der Waals surface area (Å²) in [5.41, 5.74) is 4.24. The standard InChI is InChI=1S/C9H12N2OS/c1-6-4-9(8(3)13-6)7(2)11-10-5-12/h4-5H,1-3H3,(H,10,12)/b11-7-. The van der Waals surface area contributed by atoms with Gasteiger partial charge >= 0.3 is 0 Å². The van der Waals surface area contributed by atoms with E-state index in [1.54, 1.807) is 11.3 Å². The molecule has 4 heteroatoms. The third-order valence-electron chi connectivity index (χ3n) is 1.72. The maximum absolute atomic E-state index is 10.0. The lowest BCUT2D eigenvalue weighted by Gasteiger charge is -1.96. The van der Waals surface area contributed by atoms with E-state index in [1.165, 1.54) is 9.75 Å². The average molecular weight is 196 g/mol. The molecule has 0 aliphatic heterocycles. The van der Waals surface area contributed by atoms with E-state index < -0.39 is 0 Å². The van der Waals surface area contributed by atoms with Gasteiger partial charge in [-0.15, -0.1) is 11.3 Å². The topological polar surface area (TPSA) is 41.5 Å². The number of carbonyl (C=O) groups excluding carboxylic acids is 1. The van der Waals surface area contributed by atoms with Crippen LogP contribution in [0.1, 0.15) is 22.2 Å². The van der Waals surface area contributed by atoms with Gasteiger partial charge in [0.15, 0.2) is 0 Å². The zero-order valence-electron chi connectivity index (χ0n) is 7.92. The molecule has 0 spiro atoms. The summed E-state index contributed by atoms with van der Waals surface area (Å²) in [4.78, 5) is 12.5. The molecule has 1 N–H and O–H groups in total. The molecule has 0 fully saturated rings. The van der Waals surface area contributed by atoms with Crippen LogP contribution < -0.4 is 5.43 Å². The highest BCUT2D eigenvalue weighted by molar-refractivity contribution is 7.12. The zero-order valence-corrected chi connectivity index (χ0v) is 8.73. The van der Waals surface area contributed by atoms with Crippen molar-refractivity contribution in [1.29, 1.82) is 0 Å². The summed E-state index contributed by atoms with van der Waals surface area (Å²) in [5, 5.41) is 3.89. The summed E-state index contributed by atoms with van der Waals surface area (Å²) in [7, 11) is 0. The van der Waals surface area contributed by atoms with Crippen LogP contribution in [0, 0.1) is 13.8 Å². The lowest BCUT2D eigenvalue weighted by atomic mass is 10.2. The molecule has 70 valence electrons. The van der Waals surface area contributed by atoms with Gasteiger partial charge in [-0.05, 0) is 26.8 Å². The van der Waals surface area contributed by atoms with Crippen LogP contribution >= 0.6 is 11.3 Å². The minimum atomic E-state index is 0.568. The quantitative estimate of drug-likeness (QED) is 0.447. The summed E-state index contributed by atoms with van der Waals surface area (Å²) in [6, 6.07) is 2.07. The third kappa shape index (κ3) is 2.39. The molecule has 0 unspecified atom stereocenters.